The van der Waals surface area contributed by atoms with Crippen LogP contribution < -0.4 is 5.56 Å². The normalized spacial score (nSPS) is 10.0. The maximum Gasteiger partial charge on any atom is 0.269 e. The summed E-state index contributed by atoms with van der Waals surface area (Å²) in [5.74, 6) is -0.202. The molecule has 6 nitrogen and oxygen atoms in total. The molecule has 0 fully saturated rings. The molecule has 0 N–H and O–H groups in total. The van der Waals surface area contributed by atoms with Gasteiger partial charge in [0, 0.05) is 19.3 Å². The Morgan fingerprint density at radius 2 is 2.05 bits per heavy atom. The van der Waals surface area contributed by atoms with Gasteiger partial charge in [-0.15, -0.1) is 0 Å². The van der Waals surface area contributed by atoms with E-state index in [4.69, 9.17) is 10.5 Å². The molecule has 1 amide bonds. The van der Waals surface area contributed by atoms with Gasteiger partial charge in [-0.25, -0.2) is 0 Å². The second-order valence-corrected chi connectivity index (χ2v) is 5.05. The van der Waals surface area contributed by atoms with Crippen LogP contribution in [0, 0.1) is 22.7 Å². The van der Waals surface area contributed by atoms with Crippen molar-refractivity contribution in [2.45, 2.75) is 32.7 Å². The van der Waals surface area contributed by atoms with E-state index >= 15 is 0 Å². The van der Waals surface area contributed by atoms with E-state index in [1.165, 1.54) is 15.5 Å². The van der Waals surface area contributed by atoms with Crippen molar-refractivity contribution in [2.24, 2.45) is 0 Å². The zero-order chi connectivity index (χ0) is 16.0. The lowest BCUT2D eigenvalue weighted by Gasteiger charge is -2.19. The molecule has 1 aromatic heterocycles. The van der Waals surface area contributed by atoms with E-state index < -0.39 is 5.56 Å². The maximum absolute atomic E-state index is 12.2. The average Bonchev–Trinajstić information content (AvgIpc) is 2.46. The summed E-state index contributed by atoms with van der Waals surface area (Å²) >= 11 is 0. The van der Waals surface area contributed by atoms with Gasteiger partial charge < -0.3 is 9.47 Å². The third kappa shape index (κ3) is 3.93. The fourth-order valence-corrected chi connectivity index (χ4v) is 1.94. The lowest BCUT2D eigenvalue weighted by atomic mass is 10.1. The van der Waals surface area contributed by atoms with E-state index in [-0.39, 0.29) is 30.4 Å². The fourth-order valence-electron chi connectivity index (χ4n) is 1.94. The first-order chi connectivity index (χ1) is 9.92. The fraction of sp³-hybridized carbons (Fsp3) is 0.467. The number of amides is 1. The van der Waals surface area contributed by atoms with Gasteiger partial charge in [-0.05, 0) is 18.1 Å². The molecule has 1 rings (SSSR count). The highest BCUT2D eigenvalue weighted by Gasteiger charge is 2.16. The summed E-state index contributed by atoms with van der Waals surface area (Å²) in [6.45, 7) is 4.03. The Morgan fingerprint density at radius 1 is 1.38 bits per heavy atom. The maximum atomic E-state index is 12.2. The summed E-state index contributed by atoms with van der Waals surface area (Å²) in [7, 11) is 1.59. The standard InChI is InChI=1S/C15H18N4O2/c1-11(2)13-6-5-12(9-17)15(21)19(13)10-14(20)18(3)8-4-7-16/h5-6,11H,4,8,10H2,1-3H3. The van der Waals surface area contributed by atoms with Crippen molar-refractivity contribution in [3.8, 4) is 12.1 Å². The highest BCUT2D eigenvalue weighted by Crippen LogP contribution is 2.13. The van der Waals surface area contributed by atoms with E-state index in [0.29, 0.717) is 12.2 Å². The Kier molecular flexibility index (Phi) is 5.68. The summed E-state index contributed by atoms with van der Waals surface area (Å²) < 4.78 is 1.34. The third-order valence-corrected chi connectivity index (χ3v) is 3.20. The molecule has 0 radical (unpaired) electrons. The third-order valence-electron chi connectivity index (χ3n) is 3.20. The Labute approximate surface area is 123 Å². The number of likely N-dealkylation sites (N-methyl/N-ethyl adjacent to an activating group) is 1. The molecule has 0 saturated carbocycles. The molecule has 0 aromatic carbocycles. The largest absolute Gasteiger partial charge is 0.343 e. The summed E-state index contributed by atoms with van der Waals surface area (Å²) in [6, 6.07) is 6.99. The van der Waals surface area contributed by atoms with Gasteiger partial charge in [-0.3, -0.25) is 9.59 Å². The number of hydrogen-bond acceptors (Lipinski definition) is 4. The molecular weight excluding hydrogens is 268 g/mol. The molecule has 1 heterocycles. The van der Waals surface area contributed by atoms with E-state index in [1.807, 2.05) is 26.0 Å². The molecule has 0 aliphatic heterocycles. The number of carbonyl (C=O) groups excluding carboxylic acids is 1. The monoisotopic (exact) mass is 286 g/mol. The van der Waals surface area contributed by atoms with Crippen molar-refractivity contribution in [1.29, 1.82) is 10.5 Å². The van der Waals surface area contributed by atoms with E-state index in [9.17, 15) is 9.59 Å². The van der Waals surface area contributed by atoms with Gasteiger partial charge in [-0.1, -0.05) is 13.8 Å². The van der Waals surface area contributed by atoms with Gasteiger partial charge in [0.2, 0.25) is 5.91 Å². The van der Waals surface area contributed by atoms with Crippen molar-refractivity contribution in [1.82, 2.24) is 9.47 Å². The van der Waals surface area contributed by atoms with Crippen LogP contribution in [0.3, 0.4) is 0 Å². The van der Waals surface area contributed by atoms with Crippen LogP contribution in [0.4, 0.5) is 0 Å². The summed E-state index contributed by atoms with van der Waals surface area (Å²) in [6.07, 6.45) is 0.242. The number of hydrogen-bond donors (Lipinski definition) is 0. The Balaban J connectivity index is 3.12. The van der Waals surface area contributed by atoms with E-state index in [0.717, 1.165) is 0 Å². The van der Waals surface area contributed by atoms with Crippen LogP contribution in [0.15, 0.2) is 16.9 Å². The predicted molar refractivity (Wildman–Crippen MR) is 77.4 cm³/mol. The number of pyridine rings is 1. The number of carbonyl (C=O) groups is 1. The highest BCUT2D eigenvalue weighted by molar-refractivity contribution is 5.75. The van der Waals surface area contributed by atoms with E-state index in [2.05, 4.69) is 0 Å². The molecule has 0 unspecified atom stereocenters. The Morgan fingerprint density at radius 3 is 2.57 bits per heavy atom. The molecule has 110 valence electrons. The average molecular weight is 286 g/mol. The van der Waals surface area contributed by atoms with Crippen LogP contribution in [0.1, 0.15) is 37.4 Å². The molecule has 0 aliphatic carbocycles. The Bertz CT molecular complexity index is 662. The summed E-state index contributed by atoms with van der Waals surface area (Å²) in [4.78, 5) is 25.7. The predicted octanol–water partition coefficient (Wildman–Crippen LogP) is 1.22. The van der Waals surface area contributed by atoms with Crippen LogP contribution in [-0.2, 0) is 11.3 Å². The minimum atomic E-state index is -0.453. The molecule has 1 aromatic rings. The van der Waals surface area contributed by atoms with Gasteiger partial charge in [-0.2, -0.15) is 10.5 Å². The minimum absolute atomic E-state index is 0.0203. The lowest BCUT2D eigenvalue weighted by molar-refractivity contribution is -0.130. The van der Waals surface area contributed by atoms with E-state index in [1.54, 1.807) is 13.1 Å². The molecule has 0 spiro atoms. The van der Waals surface area contributed by atoms with Crippen molar-refractivity contribution in [3.63, 3.8) is 0 Å². The topological polar surface area (TPSA) is 89.9 Å². The zero-order valence-corrected chi connectivity index (χ0v) is 12.5. The molecule has 0 saturated heterocycles. The number of aromatic nitrogens is 1. The van der Waals surface area contributed by atoms with Crippen LogP contribution in [0.5, 0.6) is 0 Å². The molecule has 0 bridgehead atoms. The number of rotatable bonds is 5. The number of nitriles is 2. The van der Waals surface area contributed by atoms with Gasteiger partial charge in [0.1, 0.15) is 18.2 Å². The summed E-state index contributed by atoms with van der Waals surface area (Å²) in [5, 5.41) is 17.5. The molecule has 0 atom stereocenters. The first kappa shape index (κ1) is 16.5. The molecular formula is C15H18N4O2. The van der Waals surface area contributed by atoms with Crippen LogP contribution >= 0.6 is 0 Å². The van der Waals surface area contributed by atoms with Crippen LogP contribution in [0.2, 0.25) is 0 Å². The Hall–Kier alpha value is -2.60. The highest BCUT2D eigenvalue weighted by atomic mass is 16.2. The van der Waals surface area contributed by atoms with Crippen molar-refractivity contribution in [3.05, 3.63) is 33.7 Å². The zero-order valence-electron chi connectivity index (χ0n) is 12.5. The molecule has 21 heavy (non-hydrogen) atoms. The van der Waals surface area contributed by atoms with Gasteiger partial charge in [0.15, 0.2) is 0 Å². The smallest absolute Gasteiger partial charge is 0.269 e. The van der Waals surface area contributed by atoms with Gasteiger partial charge in [0.25, 0.3) is 5.56 Å². The lowest BCUT2D eigenvalue weighted by Crippen LogP contribution is -2.36. The second-order valence-electron chi connectivity index (χ2n) is 5.05. The second kappa shape index (κ2) is 7.25. The number of nitrogens with zero attached hydrogens (tertiary/aromatic N) is 4. The van der Waals surface area contributed by atoms with Gasteiger partial charge in [0.05, 0.1) is 12.5 Å². The quantitative estimate of drug-likeness (QED) is 0.813. The van der Waals surface area contributed by atoms with Crippen molar-refractivity contribution >= 4 is 5.91 Å². The minimum Gasteiger partial charge on any atom is -0.343 e. The van der Waals surface area contributed by atoms with Crippen LogP contribution in [-0.4, -0.2) is 29.0 Å². The first-order valence-corrected chi connectivity index (χ1v) is 6.67. The molecule has 6 heteroatoms. The summed E-state index contributed by atoms with van der Waals surface area (Å²) in [5.41, 5.74) is 0.277. The van der Waals surface area contributed by atoms with Crippen molar-refractivity contribution < 1.29 is 4.79 Å². The van der Waals surface area contributed by atoms with Crippen molar-refractivity contribution in [2.75, 3.05) is 13.6 Å². The molecule has 0 aliphatic rings. The SMILES string of the molecule is CC(C)c1ccc(C#N)c(=O)n1CC(=O)N(C)CCC#N. The van der Waals surface area contributed by atoms with Crippen LogP contribution in [0.25, 0.3) is 0 Å². The first-order valence-electron chi connectivity index (χ1n) is 6.67. The van der Waals surface area contributed by atoms with Gasteiger partial charge >= 0.3 is 0 Å².